The summed E-state index contributed by atoms with van der Waals surface area (Å²) in [6.07, 6.45) is 1.25. The zero-order chi connectivity index (χ0) is 18.9. The first-order valence-corrected chi connectivity index (χ1v) is 10.1. The van der Waals surface area contributed by atoms with Crippen LogP contribution < -0.4 is 0 Å². The minimum absolute atomic E-state index is 0.00986. The van der Waals surface area contributed by atoms with Crippen LogP contribution in [0.2, 0.25) is 0 Å². The monoisotopic (exact) mass is 372 g/mol. The minimum Gasteiger partial charge on any atom is -0.332 e. The first-order valence-electron chi connectivity index (χ1n) is 9.18. The molecule has 1 aromatic heterocycles. The predicted molar refractivity (Wildman–Crippen MR) is 107 cm³/mol. The number of rotatable bonds is 9. The van der Waals surface area contributed by atoms with Gasteiger partial charge in [-0.3, -0.25) is 9.59 Å². The largest absolute Gasteiger partial charge is 0.332 e. The third-order valence-electron chi connectivity index (χ3n) is 4.55. The average molecular weight is 373 g/mol. The molecule has 0 aliphatic rings. The van der Waals surface area contributed by atoms with Crippen molar-refractivity contribution >= 4 is 23.2 Å². The zero-order valence-corrected chi connectivity index (χ0v) is 16.7. The standard InChI is InChI=1S/C21H28N2O2S/c1-4-17(3)23(20(24)5-2)16-21(25)22(15-19-12-9-13-26-19)14-18-10-7-6-8-11-18/h6-13,17H,4-5,14-16H2,1-3H3/t17-/m0/s1. The third-order valence-corrected chi connectivity index (χ3v) is 5.41. The minimum atomic E-state index is -0.00986. The maximum atomic E-state index is 13.1. The van der Waals surface area contributed by atoms with E-state index in [1.165, 1.54) is 0 Å². The van der Waals surface area contributed by atoms with Crippen molar-refractivity contribution in [2.75, 3.05) is 6.54 Å². The van der Waals surface area contributed by atoms with E-state index in [4.69, 9.17) is 0 Å². The highest BCUT2D eigenvalue weighted by molar-refractivity contribution is 7.09. The molecule has 0 unspecified atom stereocenters. The molecule has 0 fully saturated rings. The fourth-order valence-corrected chi connectivity index (χ4v) is 3.51. The van der Waals surface area contributed by atoms with E-state index in [2.05, 4.69) is 0 Å². The van der Waals surface area contributed by atoms with Gasteiger partial charge in [0.05, 0.1) is 6.54 Å². The van der Waals surface area contributed by atoms with Crippen LogP contribution in [0.3, 0.4) is 0 Å². The third kappa shape index (κ3) is 5.70. The summed E-state index contributed by atoms with van der Waals surface area (Å²) in [6, 6.07) is 14.1. The molecule has 0 aliphatic heterocycles. The summed E-state index contributed by atoms with van der Waals surface area (Å²) < 4.78 is 0. The van der Waals surface area contributed by atoms with Crippen molar-refractivity contribution in [3.05, 3.63) is 58.3 Å². The highest BCUT2D eigenvalue weighted by Gasteiger charge is 2.24. The molecule has 0 bridgehead atoms. The van der Waals surface area contributed by atoms with E-state index < -0.39 is 0 Å². The molecule has 1 atom stereocenters. The Morgan fingerprint density at radius 1 is 1.00 bits per heavy atom. The topological polar surface area (TPSA) is 40.6 Å². The second-order valence-electron chi connectivity index (χ2n) is 6.45. The van der Waals surface area contributed by atoms with Gasteiger partial charge in [0.15, 0.2) is 0 Å². The fraction of sp³-hybridized carbons (Fsp3) is 0.429. The lowest BCUT2D eigenvalue weighted by atomic mass is 10.2. The molecule has 0 saturated heterocycles. The number of hydrogen-bond donors (Lipinski definition) is 0. The second-order valence-corrected chi connectivity index (χ2v) is 7.48. The quantitative estimate of drug-likeness (QED) is 0.658. The number of benzene rings is 1. The average Bonchev–Trinajstić information content (AvgIpc) is 3.18. The Morgan fingerprint density at radius 3 is 2.31 bits per heavy atom. The van der Waals surface area contributed by atoms with Crippen LogP contribution in [0.4, 0.5) is 0 Å². The van der Waals surface area contributed by atoms with Gasteiger partial charge in [-0.1, -0.05) is 50.2 Å². The van der Waals surface area contributed by atoms with Gasteiger partial charge in [-0.2, -0.15) is 0 Å². The van der Waals surface area contributed by atoms with Gasteiger partial charge in [-0.15, -0.1) is 11.3 Å². The summed E-state index contributed by atoms with van der Waals surface area (Å²) in [5.74, 6) is 0.0211. The molecule has 2 rings (SSSR count). The van der Waals surface area contributed by atoms with Crippen LogP contribution in [0.1, 0.15) is 44.1 Å². The molecule has 1 heterocycles. The SMILES string of the molecule is CCC(=O)N(CC(=O)N(Cc1ccccc1)Cc1cccs1)[C@@H](C)CC. The van der Waals surface area contributed by atoms with Gasteiger partial charge in [0.25, 0.3) is 0 Å². The van der Waals surface area contributed by atoms with Crippen LogP contribution in [-0.4, -0.2) is 34.2 Å². The van der Waals surface area contributed by atoms with Gasteiger partial charge >= 0.3 is 0 Å². The Balaban J connectivity index is 2.16. The number of thiophene rings is 1. The Bertz CT molecular complexity index is 685. The van der Waals surface area contributed by atoms with Crippen LogP contribution >= 0.6 is 11.3 Å². The Labute approximate surface area is 160 Å². The molecular weight excluding hydrogens is 344 g/mol. The lowest BCUT2D eigenvalue weighted by molar-refractivity contribution is -0.142. The van der Waals surface area contributed by atoms with Gasteiger partial charge < -0.3 is 9.80 Å². The molecule has 0 radical (unpaired) electrons. The predicted octanol–water partition coefficient (Wildman–Crippen LogP) is 4.31. The van der Waals surface area contributed by atoms with Crippen LogP contribution in [-0.2, 0) is 22.7 Å². The van der Waals surface area contributed by atoms with E-state index >= 15 is 0 Å². The van der Waals surface area contributed by atoms with E-state index in [1.807, 2.05) is 73.5 Å². The van der Waals surface area contributed by atoms with Gasteiger partial charge in [-0.05, 0) is 30.4 Å². The van der Waals surface area contributed by atoms with E-state index in [0.717, 1.165) is 16.9 Å². The van der Waals surface area contributed by atoms with E-state index in [1.54, 1.807) is 16.2 Å². The Morgan fingerprint density at radius 2 is 1.73 bits per heavy atom. The van der Waals surface area contributed by atoms with Crippen molar-refractivity contribution in [2.45, 2.75) is 52.7 Å². The zero-order valence-electron chi connectivity index (χ0n) is 15.9. The van der Waals surface area contributed by atoms with Crippen molar-refractivity contribution < 1.29 is 9.59 Å². The van der Waals surface area contributed by atoms with Gasteiger partial charge in [0.1, 0.15) is 6.54 Å². The summed E-state index contributed by atoms with van der Waals surface area (Å²) in [5, 5.41) is 2.02. The first kappa shape index (κ1) is 20.2. The number of amides is 2. The number of hydrogen-bond acceptors (Lipinski definition) is 3. The van der Waals surface area contributed by atoms with Crippen LogP contribution in [0.25, 0.3) is 0 Å². The number of carbonyl (C=O) groups excluding carboxylic acids is 2. The molecule has 26 heavy (non-hydrogen) atoms. The molecule has 140 valence electrons. The maximum absolute atomic E-state index is 13.1. The molecule has 2 amide bonds. The lowest BCUT2D eigenvalue weighted by Crippen LogP contribution is -2.46. The van der Waals surface area contributed by atoms with Gasteiger partial charge in [0.2, 0.25) is 11.8 Å². The van der Waals surface area contributed by atoms with E-state index in [9.17, 15) is 9.59 Å². The normalized spacial score (nSPS) is 11.8. The number of nitrogens with zero attached hydrogens (tertiary/aromatic N) is 2. The van der Waals surface area contributed by atoms with E-state index in [-0.39, 0.29) is 24.4 Å². The van der Waals surface area contributed by atoms with E-state index in [0.29, 0.717) is 19.5 Å². The summed E-state index contributed by atoms with van der Waals surface area (Å²) in [4.78, 5) is 30.1. The summed E-state index contributed by atoms with van der Waals surface area (Å²) in [5.41, 5.74) is 1.09. The van der Waals surface area contributed by atoms with Crippen LogP contribution in [0.5, 0.6) is 0 Å². The lowest BCUT2D eigenvalue weighted by Gasteiger charge is -2.31. The van der Waals surface area contributed by atoms with Crippen molar-refractivity contribution in [2.24, 2.45) is 0 Å². The van der Waals surface area contributed by atoms with Crippen molar-refractivity contribution in [1.29, 1.82) is 0 Å². The maximum Gasteiger partial charge on any atom is 0.242 e. The fourth-order valence-electron chi connectivity index (χ4n) is 2.79. The molecule has 0 saturated carbocycles. The highest BCUT2D eigenvalue weighted by Crippen LogP contribution is 2.16. The number of carbonyl (C=O) groups is 2. The first-order chi connectivity index (χ1) is 12.5. The molecule has 0 aliphatic carbocycles. The summed E-state index contributed by atoms with van der Waals surface area (Å²) in [6.45, 7) is 7.14. The molecule has 2 aromatic rings. The smallest absolute Gasteiger partial charge is 0.242 e. The summed E-state index contributed by atoms with van der Waals surface area (Å²) >= 11 is 1.65. The molecular formula is C21H28N2O2S. The molecule has 5 heteroatoms. The molecule has 0 spiro atoms. The van der Waals surface area contributed by atoms with Crippen molar-refractivity contribution in [3.63, 3.8) is 0 Å². The molecule has 0 N–H and O–H groups in total. The van der Waals surface area contributed by atoms with Crippen LogP contribution in [0, 0.1) is 0 Å². The van der Waals surface area contributed by atoms with Crippen molar-refractivity contribution in [3.8, 4) is 0 Å². The molecule has 1 aromatic carbocycles. The van der Waals surface area contributed by atoms with Gasteiger partial charge in [0, 0.05) is 23.9 Å². The van der Waals surface area contributed by atoms with Crippen molar-refractivity contribution in [1.82, 2.24) is 9.80 Å². The summed E-state index contributed by atoms with van der Waals surface area (Å²) in [7, 11) is 0. The second kappa shape index (κ2) is 10.1. The Hall–Kier alpha value is -2.14. The highest BCUT2D eigenvalue weighted by atomic mass is 32.1. The van der Waals surface area contributed by atoms with Crippen LogP contribution in [0.15, 0.2) is 47.8 Å². The molecule has 4 nitrogen and oxygen atoms in total. The Kier molecular flexibility index (Phi) is 7.85. The van der Waals surface area contributed by atoms with Gasteiger partial charge in [-0.25, -0.2) is 0 Å².